The first-order valence-electron chi connectivity index (χ1n) is 2.53. The Hall–Kier alpha value is 1.27. The maximum atomic E-state index is 8.80. The zero-order chi connectivity index (χ0) is 7.33. The van der Waals surface area contributed by atoms with Crippen LogP contribution in [0.5, 0.6) is 0 Å². The molecule has 0 saturated carbocycles. The molecular formula is C5H9Cl2IO. The van der Waals surface area contributed by atoms with E-state index in [4.69, 9.17) is 28.3 Å². The summed E-state index contributed by atoms with van der Waals surface area (Å²) in [4.78, 5) is 0. The zero-order valence-corrected chi connectivity index (χ0v) is 8.58. The monoisotopic (exact) mass is 282 g/mol. The Morgan fingerprint density at radius 2 is 1.78 bits per heavy atom. The maximum Gasteiger partial charge on any atom is 0.0517 e. The second kappa shape index (κ2) is 4.99. The number of alkyl halides is 3. The molecule has 0 saturated heterocycles. The molecule has 56 valence electrons. The molecule has 0 heterocycles. The van der Waals surface area contributed by atoms with Crippen LogP contribution in [0.2, 0.25) is 0 Å². The van der Waals surface area contributed by atoms with Gasteiger partial charge in [-0.25, -0.2) is 0 Å². The molecule has 0 aromatic heterocycles. The van der Waals surface area contributed by atoms with Crippen molar-refractivity contribution in [2.75, 3.05) is 22.8 Å². The molecule has 0 spiro atoms. The van der Waals surface area contributed by atoms with Gasteiger partial charge in [-0.05, 0) is 0 Å². The van der Waals surface area contributed by atoms with Gasteiger partial charge in [-0.15, -0.1) is 23.2 Å². The van der Waals surface area contributed by atoms with Crippen molar-refractivity contribution in [1.82, 2.24) is 0 Å². The Bertz CT molecular complexity index is 57.8. The lowest BCUT2D eigenvalue weighted by atomic mass is 9.98. The van der Waals surface area contributed by atoms with Crippen LogP contribution in [-0.4, -0.2) is 27.9 Å². The number of aliphatic hydroxyl groups is 1. The standard InChI is InChI=1S/C5H9Cl2IO/c6-1-5(2-7,3-8)4-9/h9H,1-4H2. The van der Waals surface area contributed by atoms with Crippen LogP contribution in [0.3, 0.4) is 0 Å². The summed E-state index contributed by atoms with van der Waals surface area (Å²) in [5.41, 5.74) is -0.260. The normalized spacial score (nSPS) is 12.0. The lowest BCUT2D eigenvalue weighted by Gasteiger charge is -2.23. The summed E-state index contributed by atoms with van der Waals surface area (Å²) in [5, 5.41) is 8.80. The van der Waals surface area contributed by atoms with Crippen molar-refractivity contribution in [2.45, 2.75) is 0 Å². The fourth-order valence-electron chi connectivity index (χ4n) is 0.234. The van der Waals surface area contributed by atoms with Crippen LogP contribution in [-0.2, 0) is 0 Å². The van der Waals surface area contributed by atoms with Gasteiger partial charge in [-0.3, -0.25) is 0 Å². The van der Waals surface area contributed by atoms with Crippen LogP contribution in [0, 0.1) is 5.41 Å². The number of aliphatic hydroxyl groups excluding tert-OH is 1. The summed E-state index contributed by atoms with van der Waals surface area (Å²) in [7, 11) is 0. The van der Waals surface area contributed by atoms with Crippen molar-refractivity contribution in [3.8, 4) is 0 Å². The average molecular weight is 283 g/mol. The SMILES string of the molecule is OCC(CCl)(CCl)CI. The third-order valence-corrected chi connectivity index (χ3v) is 3.94. The predicted octanol–water partition coefficient (Wildman–Crippen LogP) is 1.88. The number of halogens is 3. The maximum absolute atomic E-state index is 8.80. The predicted molar refractivity (Wildman–Crippen MR) is 49.8 cm³/mol. The Morgan fingerprint density at radius 3 is 1.78 bits per heavy atom. The minimum Gasteiger partial charge on any atom is -0.396 e. The van der Waals surface area contributed by atoms with E-state index in [-0.39, 0.29) is 12.0 Å². The van der Waals surface area contributed by atoms with Crippen molar-refractivity contribution in [3.63, 3.8) is 0 Å². The van der Waals surface area contributed by atoms with Gasteiger partial charge in [0.15, 0.2) is 0 Å². The number of rotatable bonds is 4. The van der Waals surface area contributed by atoms with Gasteiger partial charge >= 0.3 is 0 Å². The minimum absolute atomic E-state index is 0.0724. The van der Waals surface area contributed by atoms with E-state index in [1.807, 2.05) is 0 Å². The van der Waals surface area contributed by atoms with Crippen LogP contribution in [0.25, 0.3) is 0 Å². The van der Waals surface area contributed by atoms with E-state index in [0.717, 1.165) is 4.43 Å². The highest BCUT2D eigenvalue weighted by atomic mass is 127. The quantitative estimate of drug-likeness (QED) is 0.617. The van der Waals surface area contributed by atoms with E-state index in [0.29, 0.717) is 11.8 Å². The third-order valence-electron chi connectivity index (χ3n) is 1.19. The first-order valence-corrected chi connectivity index (χ1v) is 5.13. The summed E-state index contributed by atoms with van der Waals surface area (Å²) in [6.07, 6.45) is 0. The van der Waals surface area contributed by atoms with Gasteiger partial charge in [0, 0.05) is 21.6 Å². The average Bonchev–Trinajstić information content (AvgIpc) is 1.95. The molecule has 0 aromatic rings. The van der Waals surface area contributed by atoms with E-state index < -0.39 is 0 Å². The fraction of sp³-hybridized carbons (Fsp3) is 1.00. The molecule has 0 aromatic carbocycles. The van der Waals surface area contributed by atoms with Crippen molar-refractivity contribution in [3.05, 3.63) is 0 Å². The molecule has 0 amide bonds. The smallest absolute Gasteiger partial charge is 0.0517 e. The lowest BCUT2D eigenvalue weighted by Crippen LogP contribution is -2.31. The molecule has 0 aliphatic carbocycles. The van der Waals surface area contributed by atoms with E-state index in [9.17, 15) is 0 Å². The highest BCUT2D eigenvalue weighted by Crippen LogP contribution is 2.22. The molecule has 4 heteroatoms. The molecule has 0 aliphatic heterocycles. The molecule has 1 N–H and O–H groups in total. The molecule has 0 unspecified atom stereocenters. The van der Waals surface area contributed by atoms with Gasteiger partial charge in [-0.2, -0.15) is 0 Å². The van der Waals surface area contributed by atoms with Crippen molar-refractivity contribution in [2.24, 2.45) is 5.41 Å². The second-order valence-corrected chi connectivity index (χ2v) is 3.36. The largest absolute Gasteiger partial charge is 0.396 e. The topological polar surface area (TPSA) is 20.2 Å². The molecule has 0 aliphatic rings. The molecule has 1 nitrogen and oxygen atoms in total. The number of hydrogen-bond acceptors (Lipinski definition) is 1. The summed E-state index contributed by atoms with van der Waals surface area (Å²) in [6.45, 7) is 0.0724. The summed E-state index contributed by atoms with van der Waals surface area (Å²) in [6, 6.07) is 0. The fourth-order valence-corrected chi connectivity index (χ4v) is 2.30. The Kier molecular flexibility index (Phi) is 5.70. The van der Waals surface area contributed by atoms with Gasteiger partial charge in [0.05, 0.1) is 6.61 Å². The zero-order valence-electron chi connectivity index (χ0n) is 4.91. The highest BCUT2D eigenvalue weighted by Gasteiger charge is 2.25. The molecule has 0 bridgehead atoms. The van der Waals surface area contributed by atoms with Gasteiger partial charge in [0.1, 0.15) is 0 Å². The van der Waals surface area contributed by atoms with Crippen LogP contribution >= 0.6 is 45.8 Å². The van der Waals surface area contributed by atoms with Crippen LogP contribution in [0.4, 0.5) is 0 Å². The van der Waals surface area contributed by atoms with Crippen molar-refractivity contribution < 1.29 is 5.11 Å². The highest BCUT2D eigenvalue weighted by molar-refractivity contribution is 14.1. The second-order valence-electron chi connectivity index (χ2n) is 2.06. The van der Waals surface area contributed by atoms with Crippen LogP contribution < -0.4 is 0 Å². The molecule has 0 radical (unpaired) electrons. The van der Waals surface area contributed by atoms with Crippen LogP contribution in [0.15, 0.2) is 0 Å². The van der Waals surface area contributed by atoms with Gasteiger partial charge < -0.3 is 5.11 Å². The van der Waals surface area contributed by atoms with Crippen molar-refractivity contribution in [1.29, 1.82) is 0 Å². The van der Waals surface area contributed by atoms with E-state index in [1.54, 1.807) is 0 Å². The Morgan fingerprint density at radius 1 is 1.33 bits per heavy atom. The van der Waals surface area contributed by atoms with Gasteiger partial charge in [0.2, 0.25) is 0 Å². The number of hydrogen-bond donors (Lipinski definition) is 1. The van der Waals surface area contributed by atoms with Crippen molar-refractivity contribution >= 4 is 45.8 Å². The van der Waals surface area contributed by atoms with E-state index in [2.05, 4.69) is 22.6 Å². The summed E-state index contributed by atoms with van der Waals surface area (Å²) >= 11 is 13.3. The van der Waals surface area contributed by atoms with Gasteiger partial charge in [-0.1, -0.05) is 22.6 Å². The first-order chi connectivity index (χ1) is 4.24. The molecule has 9 heavy (non-hydrogen) atoms. The van der Waals surface area contributed by atoms with Gasteiger partial charge in [0.25, 0.3) is 0 Å². The molecule has 0 rings (SSSR count). The van der Waals surface area contributed by atoms with Crippen LogP contribution in [0.1, 0.15) is 0 Å². The Balaban J connectivity index is 3.82. The molecule has 0 fully saturated rings. The first kappa shape index (κ1) is 10.3. The third kappa shape index (κ3) is 2.78. The molecular weight excluding hydrogens is 274 g/mol. The van der Waals surface area contributed by atoms with E-state index >= 15 is 0 Å². The summed E-state index contributed by atoms with van der Waals surface area (Å²) in [5.74, 6) is 0.853. The minimum atomic E-state index is -0.260. The van der Waals surface area contributed by atoms with E-state index in [1.165, 1.54) is 0 Å². The Labute approximate surface area is 78.9 Å². The molecule has 0 atom stereocenters. The summed E-state index contributed by atoms with van der Waals surface area (Å²) < 4.78 is 0.800. The lowest BCUT2D eigenvalue weighted by molar-refractivity contribution is 0.188.